The van der Waals surface area contributed by atoms with Crippen molar-refractivity contribution in [2.24, 2.45) is 0 Å². The summed E-state index contributed by atoms with van der Waals surface area (Å²) in [5.74, 6) is -0.0180. The smallest absolute Gasteiger partial charge is 0.238 e. The predicted octanol–water partition coefficient (Wildman–Crippen LogP) is 4.94. The van der Waals surface area contributed by atoms with Gasteiger partial charge in [-0.15, -0.1) is 0 Å². The summed E-state index contributed by atoms with van der Waals surface area (Å²) in [4.78, 5) is 14.9. The Bertz CT molecular complexity index is 719. The van der Waals surface area contributed by atoms with Crippen LogP contribution < -0.4 is 5.32 Å². The lowest BCUT2D eigenvalue weighted by atomic mass is 10.0. The number of para-hydroxylation sites is 1. The Morgan fingerprint density at radius 1 is 0.926 bits per heavy atom. The molecule has 2 N–H and O–H groups in total. The van der Waals surface area contributed by atoms with E-state index in [2.05, 4.69) is 24.1 Å². The van der Waals surface area contributed by atoms with Crippen LogP contribution in [0.4, 0.5) is 5.69 Å². The molecule has 0 radical (unpaired) electrons. The molecule has 0 aliphatic rings. The molecule has 0 unspecified atom stereocenters. The van der Waals surface area contributed by atoms with Crippen LogP contribution in [0, 0.1) is 5.41 Å². The molecule has 0 aliphatic carbocycles. The number of carbonyl (C=O) groups excluding carboxylic acids is 1. The fourth-order valence-corrected chi connectivity index (χ4v) is 3.00. The molecule has 2 aromatic carbocycles. The summed E-state index contributed by atoms with van der Waals surface area (Å²) in [6.45, 7) is 6.64. The fraction of sp³-hybridized carbons (Fsp3) is 0.391. The minimum absolute atomic E-state index is 0.0180. The average Bonchev–Trinajstić information content (AvgIpc) is 2.70. The fourth-order valence-electron chi connectivity index (χ4n) is 3.00. The monoisotopic (exact) mass is 365 g/mol. The lowest BCUT2D eigenvalue weighted by Crippen LogP contribution is -2.35. The second-order valence-electron chi connectivity index (χ2n) is 6.82. The molecule has 4 nitrogen and oxygen atoms in total. The summed E-state index contributed by atoms with van der Waals surface area (Å²) in [5, 5.41) is 11.5. The Labute approximate surface area is 163 Å². The molecule has 0 spiro atoms. The third-order valence-electron chi connectivity index (χ3n) is 4.56. The Morgan fingerprint density at radius 3 is 2.15 bits per heavy atom. The SMILES string of the molecule is CCCCN(CCCC)CC(=O)Nc1ccccc1C(=N)c1ccccc1. The van der Waals surface area contributed by atoms with Crippen molar-refractivity contribution in [3.63, 3.8) is 0 Å². The summed E-state index contributed by atoms with van der Waals surface area (Å²) in [6.07, 6.45) is 4.46. The first-order valence-corrected chi connectivity index (χ1v) is 9.91. The van der Waals surface area contributed by atoms with Crippen LogP contribution in [0.25, 0.3) is 0 Å². The van der Waals surface area contributed by atoms with E-state index in [9.17, 15) is 4.79 Å². The highest BCUT2D eigenvalue weighted by atomic mass is 16.2. The largest absolute Gasteiger partial charge is 0.324 e. The van der Waals surface area contributed by atoms with Crippen LogP contribution in [-0.4, -0.2) is 36.2 Å². The topological polar surface area (TPSA) is 56.2 Å². The zero-order valence-corrected chi connectivity index (χ0v) is 16.5. The first-order chi connectivity index (χ1) is 13.2. The number of hydrogen-bond acceptors (Lipinski definition) is 3. The van der Waals surface area contributed by atoms with E-state index in [0.29, 0.717) is 17.9 Å². The van der Waals surface area contributed by atoms with Crippen LogP contribution >= 0.6 is 0 Å². The third kappa shape index (κ3) is 6.65. The minimum atomic E-state index is -0.0180. The van der Waals surface area contributed by atoms with E-state index < -0.39 is 0 Å². The highest BCUT2D eigenvalue weighted by Gasteiger charge is 2.14. The van der Waals surface area contributed by atoms with Gasteiger partial charge in [0.2, 0.25) is 5.91 Å². The second kappa shape index (κ2) is 11.3. The average molecular weight is 366 g/mol. The van der Waals surface area contributed by atoms with Gasteiger partial charge in [-0.25, -0.2) is 0 Å². The number of anilines is 1. The van der Waals surface area contributed by atoms with Crippen molar-refractivity contribution in [1.29, 1.82) is 5.41 Å². The van der Waals surface area contributed by atoms with Crippen molar-refractivity contribution in [2.75, 3.05) is 25.0 Å². The van der Waals surface area contributed by atoms with E-state index in [-0.39, 0.29) is 5.91 Å². The van der Waals surface area contributed by atoms with Crippen LogP contribution in [0.3, 0.4) is 0 Å². The molecule has 1 amide bonds. The summed E-state index contributed by atoms with van der Waals surface area (Å²) >= 11 is 0. The minimum Gasteiger partial charge on any atom is -0.324 e. The Morgan fingerprint density at radius 2 is 1.52 bits per heavy atom. The number of nitrogens with one attached hydrogen (secondary N) is 2. The first-order valence-electron chi connectivity index (χ1n) is 9.91. The van der Waals surface area contributed by atoms with Crippen molar-refractivity contribution in [3.05, 3.63) is 65.7 Å². The van der Waals surface area contributed by atoms with Gasteiger partial charge in [-0.05, 0) is 32.0 Å². The number of hydrogen-bond donors (Lipinski definition) is 2. The number of carbonyl (C=O) groups is 1. The molecular weight excluding hydrogens is 334 g/mol. The van der Waals surface area contributed by atoms with Gasteiger partial charge in [-0.3, -0.25) is 15.1 Å². The van der Waals surface area contributed by atoms with Crippen LogP contribution in [0.5, 0.6) is 0 Å². The highest BCUT2D eigenvalue weighted by molar-refractivity contribution is 6.15. The molecular formula is C23H31N3O. The maximum atomic E-state index is 12.6. The quantitative estimate of drug-likeness (QED) is 0.554. The van der Waals surface area contributed by atoms with Gasteiger partial charge in [0, 0.05) is 11.1 Å². The van der Waals surface area contributed by atoms with E-state index in [0.717, 1.165) is 49.9 Å². The molecule has 144 valence electrons. The van der Waals surface area contributed by atoms with Gasteiger partial charge < -0.3 is 5.32 Å². The molecule has 0 aromatic heterocycles. The van der Waals surface area contributed by atoms with Crippen molar-refractivity contribution >= 4 is 17.3 Å². The summed E-state index contributed by atoms with van der Waals surface area (Å²) in [7, 11) is 0. The van der Waals surface area contributed by atoms with Gasteiger partial charge in [0.25, 0.3) is 0 Å². The second-order valence-corrected chi connectivity index (χ2v) is 6.82. The standard InChI is InChI=1S/C23H31N3O/c1-3-5-16-26(17-6-4-2)18-22(27)25-21-15-11-10-14-20(21)23(24)19-12-8-7-9-13-19/h7-15,24H,3-6,16-18H2,1-2H3,(H,25,27). The summed E-state index contributed by atoms with van der Waals surface area (Å²) in [5.41, 5.74) is 2.69. The van der Waals surface area contributed by atoms with E-state index in [1.807, 2.05) is 54.6 Å². The summed E-state index contributed by atoms with van der Waals surface area (Å²) < 4.78 is 0. The molecule has 0 saturated heterocycles. The van der Waals surface area contributed by atoms with Gasteiger partial charge in [0.1, 0.15) is 0 Å². The number of benzene rings is 2. The lowest BCUT2D eigenvalue weighted by molar-refractivity contribution is -0.117. The molecule has 2 rings (SSSR count). The van der Waals surface area contributed by atoms with Crippen molar-refractivity contribution in [2.45, 2.75) is 39.5 Å². The van der Waals surface area contributed by atoms with E-state index >= 15 is 0 Å². The number of unbranched alkanes of at least 4 members (excludes halogenated alkanes) is 2. The Balaban J connectivity index is 2.08. The molecule has 0 aliphatic heterocycles. The molecule has 0 heterocycles. The van der Waals surface area contributed by atoms with Gasteiger partial charge in [0.05, 0.1) is 17.9 Å². The zero-order valence-electron chi connectivity index (χ0n) is 16.5. The zero-order chi connectivity index (χ0) is 19.5. The normalized spacial score (nSPS) is 10.8. The predicted molar refractivity (Wildman–Crippen MR) is 114 cm³/mol. The molecule has 0 bridgehead atoms. The third-order valence-corrected chi connectivity index (χ3v) is 4.56. The van der Waals surface area contributed by atoms with Crippen LogP contribution in [-0.2, 0) is 4.79 Å². The maximum Gasteiger partial charge on any atom is 0.238 e. The van der Waals surface area contributed by atoms with E-state index in [1.54, 1.807) is 0 Å². The van der Waals surface area contributed by atoms with Gasteiger partial charge in [-0.1, -0.05) is 75.2 Å². The number of nitrogens with zero attached hydrogens (tertiary/aromatic N) is 1. The number of amides is 1. The van der Waals surface area contributed by atoms with Gasteiger partial charge >= 0.3 is 0 Å². The number of rotatable bonds is 11. The van der Waals surface area contributed by atoms with Crippen molar-refractivity contribution < 1.29 is 4.79 Å². The Kier molecular flexibility index (Phi) is 8.72. The molecule has 0 atom stereocenters. The molecule has 2 aromatic rings. The van der Waals surface area contributed by atoms with Crippen molar-refractivity contribution in [3.8, 4) is 0 Å². The van der Waals surface area contributed by atoms with E-state index in [1.165, 1.54) is 0 Å². The van der Waals surface area contributed by atoms with Crippen molar-refractivity contribution in [1.82, 2.24) is 4.90 Å². The molecule has 0 fully saturated rings. The molecule has 4 heteroatoms. The molecule has 0 saturated carbocycles. The van der Waals surface area contributed by atoms with E-state index in [4.69, 9.17) is 5.41 Å². The Hall–Kier alpha value is -2.46. The van der Waals surface area contributed by atoms with Gasteiger partial charge in [0.15, 0.2) is 0 Å². The molecule has 27 heavy (non-hydrogen) atoms. The highest BCUT2D eigenvalue weighted by Crippen LogP contribution is 2.19. The van der Waals surface area contributed by atoms with Crippen LogP contribution in [0.2, 0.25) is 0 Å². The summed E-state index contributed by atoms with van der Waals surface area (Å²) in [6, 6.07) is 17.2. The first kappa shape index (κ1) is 20.8. The van der Waals surface area contributed by atoms with Crippen LogP contribution in [0.15, 0.2) is 54.6 Å². The van der Waals surface area contributed by atoms with Crippen LogP contribution in [0.1, 0.15) is 50.7 Å². The lowest BCUT2D eigenvalue weighted by Gasteiger charge is -2.21. The van der Waals surface area contributed by atoms with Gasteiger partial charge in [-0.2, -0.15) is 0 Å². The maximum absolute atomic E-state index is 12.6.